The molecular weight excluding hydrogens is 243 g/mol. The minimum atomic E-state index is -4.27. The van der Waals surface area contributed by atoms with Crippen LogP contribution in [0.3, 0.4) is 0 Å². The Labute approximate surface area is 94.6 Å². The van der Waals surface area contributed by atoms with Crippen LogP contribution in [0.25, 0.3) is 0 Å². The van der Waals surface area contributed by atoms with E-state index >= 15 is 0 Å². The largest absolute Gasteiger partial charge is 0.416 e. The number of benzene rings is 1. The van der Waals surface area contributed by atoms with E-state index in [2.05, 4.69) is 11.7 Å². The first-order chi connectivity index (χ1) is 7.02. The van der Waals surface area contributed by atoms with Crippen LogP contribution in [0.15, 0.2) is 18.2 Å². The van der Waals surface area contributed by atoms with Gasteiger partial charge in [0.15, 0.2) is 0 Å². The molecule has 15 heavy (non-hydrogen) atoms. The molecule has 0 unspecified atom stereocenters. The van der Waals surface area contributed by atoms with Crippen molar-refractivity contribution in [2.45, 2.75) is 12.6 Å². The Balaban J connectivity index is 2.41. The molecule has 0 bridgehead atoms. The number of hydrogen-bond acceptors (Lipinski definition) is 3. The Morgan fingerprint density at radius 3 is 2.67 bits per heavy atom. The van der Waals surface area contributed by atoms with Crippen LogP contribution < -0.4 is 4.31 Å². The van der Waals surface area contributed by atoms with E-state index in [9.17, 15) is 13.2 Å². The van der Waals surface area contributed by atoms with Crippen LogP contribution in [0.2, 0.25) is 0 Å². The van der Waals surface area contributed by atoms with Gasteiger partial charge in [-0.25, -0.2) is 0 Å². The SMILES string of the molecule is FC(F)(F)c1ccc2c(c1)N(SS)CC2. The van der Waals surface area contributed by atoms with E-state index in [0.29, 0.717) is 12.2 Å². The number of anilines is 1. The number of halogens is 3. The van der Waals surface area contributed by atoms with Crippen molar-refractivity contribution >= 4 is 28.3 Å². The van der Waals surface area contributed by atoms with Crippen molar-refractivity contribution in [2.24, 2.45) is 0 Å². The molecule has 82 valence electrons. The first-order valence-electron chi connectivity index (χ1n) is 4.31. The van der Waals surface area contributed by atoms with Crippen LogP contribution in [0.4, 0.5) is 18.9 Å². The van der Waals surface area contributed by atoms with Gasteiger partial charge in [0.2, 0.25) is 0 Å². The molecule has 1 heterocycles. The van der Waals surface area contributed by atoms with E-state index in [-0.39, 0.29) is 0 Å². The van der Waals surface area contributed by atoms with Crippen LogP contribution >= 0.6 is 22.6 Å². The highest BCUT2D eigenvalue weighted by Crippen LogP contribution is 2.39. The van der Waals surface area contributed by atoms with Gasteiger partial charge in [0.25, 0.3) is 0 Å². The second-order valence-corrected chi connectivity index (χ2v) is 4.37. The van der Waals surface area contributed by atoms with E-state index in [1.165, 1.54) is 6.07 Å². The molecule has 0 atom stereocenters. The highest BCUT2D eigenvalue weighted by molar-refractivity contribution is 8.69. The molecule has 6 heteroatoms. The lowest BCUT2D eigenvalue weighted by Gasteiger charge is -2.15. The predicted molar refractivity (Wildman–Crippen MR) is 59.1 cm³/mol. The van der Waals surface area contributed by atoms with E-state index in [0.717, 1.165) is 29.0 Å². The average Bonchev–Trinajstić information content (AvgIpc) is 2.57. The maximum absolute atomic E-state index is 12.4. The smallest absolute Gasteiger partial charge is 0.307 e. The van der Waals surface area contributed by atoms with Gasteiger partial charge in [-0.1, -0.05) is 17.7 Å². The van der Waals surface area contributed by atoms with E-state index < -0.39 is 11.7 Å². The van der Waals surface area contributed by atoms with Crippen LogP contribution in [-0.4, -0.2) is 6.54 Å². The lowest BCUT2D eigenvalue weighted by molar-refractivity contribution is -0.137. The lowest BCUT2D eigenvalue weighted by atomic mass is 10.1. The van der Waals surface area contributed by atoms with Crippen LogP contribution in [0.1, 0.15) is 11.1 Å². The normalized spacial score (nSPS) is 15.6. The Hall–Kier alpha value is -0.490. The lowest BCUT2D eigenvalue weighted by Crippen LogP contribution is -2.09. The summed E-state index contributed by atoms with van der Waals surface area (Å²) in [5.74, 6) is 0. The predicted octanol–water partition coefficient (Wildman–Crippen LogP) is 3.56. The van der Waals surface area contributed by atoms with Crippen molar-refractivity contribution < 1.29 is 13.2 Å². The highest BCUT2D eigenvalue weighted by atomic mass is 33.1. The molecule has 0 fully saturated rings. The molecule has 0 amide bonds. The Morgan fingerprint density at radius 2 is 2.07 bits per heavy atom. The third-order valence-electron chi connectivity index (χ3n) is 2.36. The number of rotatable bonds is 1. The van der Waals surface area contributed by atoms with Gasteiger partial charge in [0.1, 0.15) is 0 Å². The molecule has 1 nitrogen and oxygen atoms in total. The quantitative estimate of drug-likeness (QED) is 0.462. The van der Waals surface area contributed by atoms with Crippen molar-refractivity contribution in [3.63, 3.8) is 0 Å². The molecule has 0 saturated carbocycles. The van der Waals surface area contributed by atoms with Gasteiger partial charge in [-0.2, -0.15) is 13.2 Å². The zero-order valence-corrected chi connectivity index (χ0v) is 9.29. The van der Waals surface area contributed by atoms with E-state index in [4.69, 9.17) is 0 Å². The summed E-state index contributed by atoms with van der Waals surface area (Å²) in [7, 11) is 1.15. The molecular formula is C9H8F3NS2. The molecule has 1 aliphatic heterocycles. The summed E-state index contributed by atoms with van der Waals surface area (Å²) >= 11 is 4.01. The van der Waals surface area contributed by atoms with Crippen molar-refractivity contribution in [3.05, 3.63) is 29.3 Å². The van der Waals surface area contributed by atoms with Gasteiger partial charge in [-0.3, -0.25) is 0 Å². The van der Waals surface area contributed by atoms with Gasteiger partial charge in [-0.05, 0) is 24.1 Å². The first-order valence-corrected chi connectivity index (χ1v) is 6.14. The molecule has 1 aromatic rings. The molecule has 0 aliphatic carbocycles. The summed E-state index contributed by atoms with van der Waals surface area (Å²) in [4.78, 5) is 0. The topological polar surface area (TPSA) is 3.24 Å². The molecule has 0 aromatic heterocycles. The second-order valence-electron chi connectivity index (χ2n) is 3.28. The van der Waals surface area contributed by atoms with Gasteiger partial charge >= 0.3 is 6.18 Å². The number of hydrogen-bond donors (Lipinski definition) is 1. The fourth-order valence-corrected chi connectivity index (χ4v) is 2.55. The average molecular weight is 251 g/mol. The Kier molecular flexibility index (Phi) is 2.81. The summed E-state index contributed by atoms with van der Waals surface area (Å²) < 4.78 is 39.1. The van der Waals surface area contributed by atoms with Crippen molar-refractivity contribution in [2.75, 3.05) is 10.8 Å². The van der Waals surface area contributed by atoms with E-state index in [1.54, 1.807) is 10.4 Å². The van der Waals surface area contributed by atoms with Crippen LogP contribution in [-0.2, 0) is 12.6 Å². The molecule has 0 saturated heterocycles. The molecule has 0 radical (unpaired) electrons. The summed E-state index contributed by atoms with van der Waals surface area (Å²) in [5, 5.41) is 0. The standard InChI is InChI=1S/C9H8F3NS2/c10-9(11,12)7-2-1-6-3-4-13(15-14)8(6)5-7/h1-2,5,14H,3-4H2. The van der Waals surface area contributed by atoms with Crippen molar-refractivity contribution in [3.8, 4) is 0 Å². The fraction of sp³-hybridized carbons (Fsp3) is 0.333. The number of fused-ring (bicyclic) bond motifs is 1. The summed E-state index contributed by atoms with van der Waals surface area (Å²) in [6.45, 7) is 0.713. The Morgan fingerprint density at radius 1 is 1.33 bits per heavy atom. The Bertz CT molecular complexity index is 378. The summed E-state index contributed by atoms with van der Waals surface area (Å²) in [5.41, 5.74) is 0.977. The molecule has 0 N–H and O–H groups in total. The zero-order valence-electron chi connectivity index (χ0n) is 7.58. The minimum Gasteiger partial charge on any atom is -0.307 e. The minimum absolute atomic E-state index is 0.601. The van der Waals surface area contributed by atoms with Crippen molar-refractivity contribution in [1.29, 1.82) is 0 Å². The number of alkyl halides is 3. The zero-order chi connectivity index (χ0) is 11.1. The third kappa shape index (κ3) is 2.06. The van der Waals surface area contributed by atoms with Crippen LogP contribution in [0.5, 0.6) is 0 Å². The van der Waals surface area contributed by atoms with E-state index in [1.807, 2.05) is 0 Å². The van der Waals surface area contributed by atoms with Gasteiger partial charge < -0.3 is 4.31 Å². The fourth-order valence-electron chi connectivity index (χ4n) is 1.61. The molecule has 1 aliphatic rings. The first kappa shape index (κ1) is 11.0. The van der Waals surface area contributed by atoms with Crippen molar-refractivity contribution in [1.82, 2.24) is 0 Å². The van der Waals surface area contributed by atoms with Gasteiger partial charge in [-0.15, -0.1) is 0 Å². The second kappa shape index (κ2) is 3.83. The highest BCUT2D eigenvalue weighted by Gasteiger charge is 2.32. The third-order valence-corrected chi connectivity index (χ3v) is 3.53. The van der Waals surface area contributed by atoms with Crippen LogP contribution in [0, 0.1) is 0 Å². The number of nitrogens with zero attached hydrogens (tertiary/aromatic N) is 1. The molecule has 2 rings (SSSR count). The van der Waals surface area contributed by atoms with Gasteiger partial charge in [0.05, 0.1) is 11.3 Å². The molecule has 1 aromatic carbocycles. The molecule has 0 spiro atoms. The maximum atomic E-state index is 12.4. The maximum Gasteiger partial charge on any atom is 0.416 e. The monoisotopic (exact) mass is 251 g/mol. The van der Waals surface area contributed by atoms with Gasteiger partial charge in [0, 0.05) is 17.5 Å². The number of thiol groups is 1. The summed E-state index contributed by atoms with van der Waals surface area (Å²) in [6.07, 6.45) is -3.49. The summed E-state index contributed by atoms with van der Waals surface area (Å²) in [6, 6.07) is 3.86.